The summed E-state index contributed by atoms with van der Waals surface area (Å²) in [5.41, 5.74) is 0.0144. The van der Waals surface area contributed by atoms with Crippen LogP contribution in [-0.2, 0) is 4.84 Å². The van der Waals surface area contributed by atoms with Gasteiger partial charge in [-0.05, 0) is 20.3 Å². The molecule has 11 heavy (non-hydrogen) atoms. The predicted octanol–water partition coefficient (Wildman–Crippen LogP) is 1.95. The first kappa shape index (κ1) is 10.8. The molecule has 0 spiro atoms. The Morgan fingerprint density at radius 1 is 1.27 bits per heavy atom. The van der Waals surface area contributed by atoms with Gasteiger partial charge in [0.25, 0.3) is 0 Å². The first-order chi connectivity index (χ1) is 4.87. The second kappa shape index (κ2) is 3.48. The van der Waals surface area contributed by atoms with E-state index in [9.17, 15) is 0 Å². The van der Waals surface area contributed by atoms with E-state index in [4.69, 9.17) is 4.84 Å². The maximum absolute atomic E-state index is 5.32. The molecule has 0 rings (SSSR count). The van der Waals surface area contributed by atoms with Crippen molar-refractivity contribution in [1.29, 1.82) is 0 Å². The zero-order chi connectivity index (χ0) is 9.12. The van der Waals surface area contributed by atoms with E-state index >= 15 is 0 Å². The Morgan fingerprint density at radius 2 is 1.73 bits per heavy atom. The lowest BCUT2D eigenvalue weighted by Crippen LogP contribution is -2.39. The Morgan fingerprint density at radius 3 is 2.00 bits per heavy atom. The molecular weight excluding hydrogens is 154 g/mol. The van der Waals surface area contributed by atoms with Crippen molar-refractivity contribution in [1.82, 2.24) is 0 Å². The van der Waals surface area contributed by atoms with Gasteiger partial charge in [-0.1, -0.05) is 20.8 Å². The summed E-state index contributed by atoms with van der Waals surface area (Å²) in [4.78, 5) is 9.07. The zero-order valence-electron chi connectivity index (χ0n) is 8.27. The third-order valence-electron chi connectivity index (χ3n) is 2.81. The van der Waals surface area contributed by atoms with Crippen LogP contribution in [-0.4, -0.2) is 15.6 Å². The standard InChI is InChI=1S/C8H19NOSi/c1-6-7(2,3)8(4,5)10-9-11/h6,11H2,1-5H3. The van der Waals surface area contributed by atoms with Gasteiger partial charge in [-0.15, -0.1) is 0 Å². The van der Waals surface area contributed by atoms with Gasteiger partial charge in [-0.25, -0.2) is 0 Å². The second-order valence-corrected chi connectivity index (χ2v) is 4.23. The number of hydrogen-bond donors (Lipinski definition) is 0. The second-order valence-electron chi connectivity index (χ2n) is 3.97. The van der Waals surface area contributed by atoms with Crippen LogP contribution in [0.2, 0.25) is 0 Å². The molecular formula is C8H19NOSi. The SMILES string of the molecule is CCC(C)(C)C(C)(C)ON=[SiH2]. The van der Waals surface area contributed by atoms with Gasteiger partial charge in [0.15, 0.2) is 0 Å². The molecule has 0 aliphatic heterocycles. The van der Waals surface area contributed by atoms with Crippen molar-refractivity contribution >= 4 is 10.0 Å². The fourth-order valence-corrected chi connectivity index (χ4v) is 1.03. The normalized spacial score (nSPS) is 12.8. The number of rotatable bonds is 4. The van der Waals surface area contributed by atoms with Gasteiger partial charge in [0.2, 0.25) is 0 Å². The van der Waals surface area contributed by atoms with E-state index in [2.05, 4.69) is 39.4 Å². The van der Waals surface area contributed by atoms with E-state index in [1.54, 1.807) is 0 Å². The Labute approximate surface area is 72.4 Å². The number of hydrogen-bond acceptors (Lipinski definition) is 2. The van der Waals surface area contributed by atoms with E-state index in [1.165, 1.54) is 10.0 Å². The maximum Gasteiger partial charge on any atom is 0.148 e. The van der Waals surface area contributed by atoms with Gasteiger partial charge in [-0.2, -0.15) is 4.80 Å². The van der Waals surface area contributed by atoms with Crippen LogP contribution in [0.25, 0.3) is 0 Å². The van der Waals surface area contributed by atoms with Crippen LogP contribution in [0.3, 0.4) is 0 Å². The average Bonchev–Trinajstić information content (AvgIpc) is 1.87. The summed E-state index contributed by atoms with van der Waals surface area (Å²) in [5.74, 6) is 0. The van der Waals surface area contributed by atoms with Gasteiger partial charge in [-0.3, -0.25) is 0 Å². The van der Waals surface area contributed by atoms with Crippen molar-refractivity contribution in [3.63, 3.8) is 0 Å². The summed E-state index contributed by atoms with van der Waals surface area (Å²) >= 11 is 0. The monoisotopic (exact) mass is 173 g/mol. The lowest BCUT2D eigenvalue weighted by atomic mass is 9.75. The van der Waals surface area contributed by atoms with Gasteiger partial charge < -0.3 is 4.84 Å². The van der Waals surface area contributed by atoms with Gasteiger partial charge >= 0.3 is 0 Å². The van der Waals surface area contributed by atoms with Crippen molar-refractivity contribution in [2.75, 3.05) is 0 Å². The summed E-state index contributed by atoms with van der Waals surface area (Å²) < 4.78 is 0. The minimum Gasteiger partial charge on any atom is -0.401 e. The molecule has 0 atom stereocenters. The third-order valence-corrected chi connectivity index (χ3v) is 2.94. The fraction of sp³-hybridized carbons (Fsp3) is 1.00. The Balaban J connectivity index is 4.38. The molecule has 0 saturated carbocycles. The van der Waals surface area contributed by atoms with Gasteiger partial charge in [0.05, 0.1) is 0 Å². The van der Waals surface area contributed by atoms with Gasteiger partial charge in [0.1, 0.15) is 15.6 Å². The molecule has 0 heterocycles. The van der Waals surface area contributed by atoms with E-state index in [-0.39, 0.29) is 11.0 Å². The molecule has 66 valence electrons. The quantitative estimate of drug-likeness (QED) is 0.470. The van der Waals surface area contributed by atoms with Crippen molar-refractivity contribution in [2.45, 2.75) is 46.6 Å². The summed E-state index contributed by atoms with van der Waals surface area (Å²) in [6.07, 6.45) is 1.10. The molecule has 3 heteroatoms. The molecule has 0 saturated heterocycles. The molecule has 0 amide bonds. The minimum absolute atomic E-state index is 0.163. The van der Waals surface area contributed by atoms with Gasteiger partial charge in [0, 0.05) is 5.41 Å². The summed E-state index contributed by atoms with van der Waals surface area (Å²) in [6.45, 7) is 10.7. The molecule has 2 nitrogen and oxygen atoms in total. The van der Waals surface area contributed by atoms with Crippen LogP contribution in [0.4, 0.5) is 0 Å². The van der Waals surface area contributed by atoms with Crippen molar-refractivity contribution in [2.24, 2.45) is 10.2 Å². The predicted molar refractivity (Wildman–Crippen MR) is 50.2 cm³/mol. The molecule has 0 aliphatic carbocycles. The molecule has 0 aliphatic rings. The summed E-state index contributed by atoms with van der Waals surface area (Å²) in [7, 11) is 1.49. The highest BCUT2D eigenvalue weighted by atomic mass is 28.1. The summed E-state index contributed by atoms with van der Waals surface area (Å²) in [6, 6.07) is 0. The average molecular weight is 173 g/mol. The van der Waals surface area contributed by atoms with E-state index in [0.717, 1.165) is 6.42 Å². The van der Waals surface area contributed by atoms with Crippen LogP contribution in [0.5, 0.6) is 0 Å². The first-order valence-electron chi connectivity index (χ1n) is 4.01. The van der Waals surface area contributed by atoms with E-state index in [0.29, 0.717) is 0 Å². The summed E-state index contributed by atoms with van der Waals surface area (Å²) in [5, 5.41) is 0. The highest BCUT2D eigenvalue weighted by molar-refractivity contribution is 5.91. The van der Waals surface area contributed by atoms with E-state index in [1.807, 2.05) is 0 Å². The zero-order valence-corrected chi connectivity index (χ0v) is 9.68. The van der Waals surface area contributed by atoms with Crippen LogP contribution in [0.15, 0.2) is 4.80 Å². The molecule has 0 bridgehead atoms. The maximum atomic E-state index is 5.32. The van der Waals surface area contributed by atoms with Crippen LogP contribution in [0, 0.1) is 5.41 Å². The smallest absolute Gasteiger partial charge is 0.148 e. The largest absolute Gasteiger partial charge is 0.401 e. The Hall–Kier alpha value is -0.183. The topological polar surface area (TPSA) is 21.6 Å². The highest BCUT2D eigenvalue weighted by Gasteiger charge is 2.37. The molecule has 0 radical (unpaired) electrons. The van der Waals surface area contributed by atoms with Crippen LogP contribution < -0.4 is 0 Å². The fourth-order valence-electron chi connectivity index (χ4n) is 0.711. The Kier molecular flexibility index (Phi) is 3.42. The molecule has 0 aromatic rings. The van der Waals surface area contributed by atoms with Crippen LogP contribution in [0.1, 0.15) is 41.0 Å². The minimum atomic E-state index is -0.163. The molecule has 0 N–H and O–H groups in total. The lowest BCUT2D eigenvalue weighted by molar-refractivity contribution is -0.0959. The molecule has 0 unspecified atom stereocenters. The first-order valence-corrected chi connectivity index (χ1v) is 4.65. The molecule has 0 fully saturated rings. The third kappa shape index (κ3) is 2.40. The highest BCUT2D eigenvalue weighted by Crippen LogP contribution is 2.36. The van der Waals surface area contributed by atoms with Crippen molar-refractivity contribution in [3.05, 3.63) is 0 Å². The van der Waals surface area contributed by atoms with Crippen molar-refractivity contribution < 1.29 is 4.84 Å². The molecule has 0 aromatic carbocycles. The lowest BCUT2D eigenvalue weighted by Gasteiger charge is -2.38. The Bertz CT molecular complexity index is 143. The van der Waals surface area contributed by atoms with E-state index < -0.39 is 0 Å². The molecule has 0 aromatic heterocycles. The van der Waals surface area contributed by atoms with Crippen molar-refractivity contribution in [3.8, 4) is 0 Å². The van der Waals surface area contributed by atoms with Crippen LogP contribution >= 0.6 is 0 Å². The number of nitrogens with zero attached hydrogens (tertiary/aromatic N) is 1.